The molecule has 12 heteroatoms. The summed E-state index contributed by atoms with van der Waals surface area (Å²) in [6, 6.07) is 0. The molecule has 1 aromatic heterocycles. The molecule has 4 atom stereocenters. The van der Waals surface area contributed by atoms with Gasteiger partial charge in [-0.3, -0.25) is 24.5 Å². The number of rotatable bonds is 3. The molecular weight excluding hydrogens is 294 g/mol. The Morgan fingerprint density at radius 2 is 2.00 bits per heavy atom. The fourth-order valence-corrected chi connectivity index (χ4v) is 1.89. The zero-order valence-corrected chi connectivity index (χ0v) is 10.1. The van der Waals surface area contributed by atoms with Gasteiger partial charge in [-0.25, -0.2) is 9.59 Å². The lowest BCUT2D eigenvalue weighted by molar-refractivity contribution is -0.387. The summed E-state index contributed by atoms with van der Waals surface area (Å²) < 4.78 is 5.25. The number of ether oxygens (including phenoxy) is 1. The predicted molar refractivity (Wildman–Crippen MR) is 61.5 cm³/mol. The van der Waals surface area contributed by atoms with Crippen LogP contribution in [0.1, 0.15) is 6.23 Å². The lowest BCUT2D eigenvalue weighted by atomic mass is 10.1. The summed E-state index contributed by atoms with van der Waals surface area (Å²) >= 11 is 0. The highest BCUT2D eigenvalue weighted by molar-refractivity contribution is 5.73. The van der Waals surface area contributed by atoms with Crippen LogP contribution in [0.25, 0.3) is 0 Å². The van der Waals surface area contributed by atoms with Crippen LogP contribution in [-0.2, 0) is 9.53 Å². The molecule has 1 unspecified atom stereocenters. The molecule has 0 aromatic carbocycles. The third kappa shape index (κ3) is 2.42. The van der Waals surface area contributed by atoms with Gasteiger partial charge in [0.25, 0.3) is 0 Å². The van der Waals surface area contributed by atoms with E-state index in [0.717, 1.165) is 0 Å². The van der Waals surface area contributed by atoms with Crippen molar-refractivity contribution in [3.63, 3.8) is 0 Å². The van der Waals surface area contributed by atoms with E-state index in [4.69, 9.17) is 9.84 Å². The second-order valence-corrected chi connectivity index (χ2v) is 4.20. The number of H-pyrrole nitrogens is 1. The number of nitrogens with zero attached hydrogens (tertiary/aromatic N) is 2. The van der Waals surface area contributed by atoms with Gasteiger partial charge >= 0.3 is 22.9 Å². The van der Waals surface area contributed by atoms with Crippen molar-refractivity contribution in [3.8, 4) is 0 Å². The minimum Gasteiger partial charge on any atom is -0.479 e. The summed E-state index contributed by atoms with van der Waals surface area (Å²) in [5.41, 5.74) is -3.42. The normalized spacial score (nSPS) is 28.5. The third-order valence-electron chi connectivity index (χ3n) is 2.90. The molecule has 1 aliphatic rings. The Labute approximate surface area is 114 Å². The maximum Gasteiger partial charge on any atom is 0.350 e. The van der Waals surface area contributed by atoms with Crippen LogP contribution in [0.5, 0.6) is 0 Å². The molecule has 0 bridgehead atoms. The van der Waals surface area contributed by atoms with E-state index in [0.29, 0.717) is 10.8 Å². The van der Waals surface area contributed by atoms with Gasteiger partial charge in [-0.1, -0.05) is 0 Å². The van der Waals surface area contributed by atoms with Gasteiger partial charge in [0.15, 0.2) is 12.3 Å². The topological polar surface area (TPSA) is 185 Å². The number of aliphatic hydroxyl groups is 2. The molecular formula is C9H9N3O9. The minimum absolute atomic E-state index is 0.441. The smallest absolute Gasteiger partial charge is 0.350 e. The first-order valence-corrected chi connectivity index (χ1v) is 5.48. The summed E-state index contributed by atoms with van der Waals surface area (Å²) in [6.45, 7) is 0. The van der Waals surface area contributed by atoms with Crippen molar-refractivity contribution in [1.29, 1.82) is 0 Å². The van der Waals surface area contributed by atoms with Crippen molar-refractivity contribution in [2.75, 3.05) is 0 Å². The van der Waals surface area contributed by atoms with Crippen molar-refractivity contribution in [2.24, 2.45) is 0 Å². The second-order valence-electron chi connectivity index (χ2n) is 4.20. The standard InChI is InChI=1S/C9H9N3O9/c13-3-4(14)7(21-5(3)8(16)17)11-1-2(12(19)20)6(15)10-9(11)18/h1,3-5,7,13-14H,(H,16,17)(H,10,15,18)/t3-,4+,5-,7?/m0/s1. The first-order chi connectivity index (χ1) is 9.73. The highest BCUT2D eigenvalue weighted by atomic mass is 16.6. The van der Waals surface area contributed by atoms with Crippen molar-refractivity contribution < 1.29 is 29.8 Å². The number of aromatic nitrogens is 2. The average molecular weight is 303 g/mol. The molecule has 0 saturated carbocycles. The number of nitro groups is 1. The van der Waals surface area contributed by atoms with E-state index < -0.39 is 52.4 Å². The summed E-state index contributed by atoms with van der Waals surface area (Å²) in [7, 11) is 0. The molecule has 1 fully saturated rings. The minimum atomic E-state index is -1.84. The first kappa shape index (κ1) is 14.8. The molecule has 2 heterocycles. The molecule has 1 aromatic rings. The van der Waals surface area contributed by atoms with Gasteiger partial charge in [0.1, 0.15) is 12.2 Å². The number of hydrogen-bond donors (Lipinski definition) is 4. The Kier molecular flexibility index (Phi) is 3.59. The van der Waals surface area contributed by atoms with E-state index in [2.05, 4.69) is 0 Å². The summed E-state index contributed by atoms with van der Waals surface area (Å²) in [6.07, 6.45) is -6.67. The number of aliphatic carboxylic acids is 1. The molecule has 12 nitrogen and oxygen atoms in total. The lowest BCUT2D eigenvalue weighted by Crippen LogP contribution is -2.38. The van der Waals surface area contributed by atoms with Crippen molar-refractivity contribution in [3.05, 3.63) is 37.1 Å². The van der Waals surface area contributed by atoms with Gasteiger partial charge in [0.05, 0.1) is 11.1 Å². The second kappa shape index (κ2) is 5.08. The number of carboxylic acid groups (broad SMARTS) is 1. The maximum absolute atomic E-state index is 11.6. The molecule has 1 aliphatic heterocycles. The molecule has 0 radical (unpaired) electrons. The van der Waals surface area contributed by atoms with Gasteiger partial charge in [-0.15, -0.1) is 0 Å². The predicted octanol–water partition coefficient (Wildman–Crippen LogP) is -2.85. The van der Waals surface area contributed by atoms with Crippen LogP contribution in [0.2, 0.25) is 0 Å². The zero-order valence-electron chi connectivity index (χ0n) is 10.1. The maximum atomic E-state index is 11.6. The highest BCUT2D eigenvalue weighted by Gasteiger charge is 2.48. The molecule has 21 heavy (non-hydrogen) atoms. The Hall–Kier alpha value is -2.57. The van der Waals surface area contributed by atoms with E-state index in [1.807, 2.05) is 0 Å². The highest BCUT2D eigenvalue weighted by Crippen LogP contribution is 2.28. The average Bonchev–Trinajstić information content (AvgIpc) is 2.66. The molecule has 1 saturated heterocycles. The fourth-order valence-electron chi connectivity index (χ4n) is 1.89. The monoisotopic (exact) mass is 303 g/mol. The Balaban J connectivity index is 2.50. The van der Waals surface area contributed by atoms with Crippen LogP contribution < -0.4 is 11.2 Å². The zero-order chi connectivity index (χ0) is 15.9. The van der Waals surface area contributed by atoms with Gasteiger partial charge in [0.2, 0.25) is 0 Å². The number of hydrogen-bond acceptors (Lipinski definition) is 8. The van der Waals surface area contributed by atoms with Crippen molar-refractivity contribution in [1.82, 2.24) is 9.55 Å². The summed E-state index contributed by atoms with van der Waals surface area (Å²) in [5, 5.41) is 38.6. The molecule has 0 spiro atoms. The fraction of sp³-hybridized carbons (Fsp3) is 0.444. The van der Waals surface area contributed by atoms with E-state index in [1.54, 1.807) is 4.98 Å². The molecule has 0 aliphatic carbocycles. The Morgan fingerprint density at radius 3 is 2.48 bits per heavy atom. The quantitative estimate of drug-likeness (QED) is 0.337. The molecule has 0 amide bonds. The van der Waals surface area contributed by atoms with Crippen LogP contribution in [0.15, 0.2) is 15.8 Å². The number of nitrogens with one attached hydrogen (secondary N) is 1. The number of aliphatic hydroxyl groups excluding tert-OH is 2. The summed E-state index contributed by atoms with van der Waals surface area (Å²) in [4.78, 5) is 44.8. The Morgan fingerprint density at radius 1 is 1.38 bits per heavy atom. The van der Waals surface area contributed by atoms with Crippen LogP contribution in [0.3, 0.4) is 0 Å². The number of carboxylic acids is 1. The van der Waals surface area contributed by atoms with Gasteiger partial charge in [-0.05, 0) is 0 Å². The lowest BCUT2D eigenvalue weighted by Gasteiger charge is -2.16. The number of aromatic amines is 1. The van der Waals surface area contributed by atoms with Crippen molar-refractivity contribution in [2.45, 2.75) is 24.5 Å². The van der Waals surface area contributed by atoms with Gasteiger partial charge < -0.3 is 20.1 Å². The number of carbonyl (C=O) groups is 1. The van der Waals surface area contributed by atoms with Crippen LogP contribution in [0, 0.1) is 10.1 Å². The van der Waals surface area contributed by atoms with Crippen molar-refractivity contribution >= 4 is 11.7 Å². The third-order valence-corrected chi connectivity index (χ3v) is 2.90. The SMILES string of the molecule is O=C(O)[C@H]1OC(n2cc([N+](=O)[O-])c(=O)[nH]c2=O)[C@H](O)[C@@H]1O. The van der Waals surface area contributed by atoms with E-state index in [-0.39, 0.29) is 0 Å². The van der Waals surface area contributed by atoms with E-state index >= 15 is 0 Å². The van der Waals surface area contributed by atoms with E-state index in [9.17, 15) is 34.7 Å². The molecule has 2 rings (SSSR count). The molecule has 114 valence electrons. The van der Waals surface area contributed by atoms with Crippen LogP contribution in [-0.4, -0.2) is 54.1 Å². The van der Waals surface area contributed by atoms with Crippen LogP contribution >= 0.6 is 0 Å². The van der Waals surface area contributed by atoms with Gasteiger partial charge in [-0.2, -0.15) is 0 Å². The van der Waals surface area contributed by atoms with Crippen LogP contribution in [0.4, 0.5) is 5.69 Å². The van der Waals surface area contributed by atoms with Gasteiger partial charge in [0, 0.05) is 0 Å². The molecule has 4 N–H and O–H groups in total. The largest absolute Gasteiger partial charge is 0.479 e. The summed E-state index contributed by atoms with van der Waals surface area (Å²) in [5.74, 6) is -1.59. The Bertz CT molecular complexity index is 707. The first-order valence-electron chi connectivity index (χ1n) is 5.48. The van der Waals surface area contributed by atoms with E-state index in [1.165, 1.54) is 0 Å².